The number of methoxy groups -OCH3 is 1. The summed E-state index contributed by atoms with van der Waals surface area (Å²) in [5.74, 6) is -0.716. The molecule has 2 N–H and O–H groups in total. The summed E-state index contributed by atoms with van der Waals surface area (Å²) in [5, 5.41) is 19.7. The molecule has 1 saturated heterocycles. The van der Waals surface area contributed by atoms with Gasteiger partial charge in [0, 0.05) is 22.8 Å². The molecule has 3 aromatic carbocycles. The second-order valence-corrected chi connectivity index (χ2v) is 9.93. The number of carbonyl (C=O) groups is 1. The summed E-state index contributed by atoms with van der Waals surface area (Å²) in [6.45, 7) is 6.05. The van der Waals surface area contributed by atoms with Crippen molar-refractivity contribution in [3.63, 3.8) is 0 Å². The summed E-state index contributed by atoms with van der Waals surface area (Å²) in [6.07, 6.45) is -2.49. The summed E-state index contributed by atoms with van der Waals surface area (Å²) in [7, 11) is 1.65. The van der Waals surface area contributed by atoms with Crippen LogP contribution in [0.3, 0.4) is 0 Å². The topological polar surface area (TPSA) is 110 Å². The number of aromatic nitrogens is 3. The highest BCUT2D eigenvalue weighted by Gasteiger charge is 2.38. The summed E-state index contributed by atoms with van der Waals surface area (Å²) in [4.78, 5) is 16.0. The largest absolute Gasteiger partial charge is 0.496 e. The van der Waals surface area contributed by atoms with Crippen LogP contribution in [0.5, 0.6) is 11.5 Å². The Kier molecular flexibility index (Phi) is 10.0. The van der Waals surface area contributed by atoms with Crippen molar-refractivity contribution >= 4 is 40.2 Å². The normalized spacial score (nSPS) is 13.4. The molecule has 0 spiro atoms. The van der Waals surface area contributed by atoms with E-state index in [9.17, 15) is 13.2 Å². The zero-order valence-corrected chi connectivity index (χ0v) is 23.7. The molecule has 1 aliphatic heterocycles. The van der Waals surface area contributed by atoms with Gasteiger partial charge in [-0.25, -0.2) is 9.78 Å². The highest BCUT2D eigenvalue weighted by Crippen LogP contribution is 2.35. The Morgan fingerprint density at radius 3 is 2.40 bits per heavy atom. The lowest BCUT2D eigenvalue weighted by atomic mass is 10.0. The fourth-order valence-electron chi connectivity index (χ4n) is 4.39. The lowest BCUT2D eigenvalue weighted by molar-refractivity contribution is -0.192. The molecule has 5 rings (SSSR count). The molecule has 42 heavy (non-hydrogen) atoms. The molecular formula is C29H29ClF3N5O4. The maximum Gasteiger partial charge on any atom is 0.490 e. The average Bonchev–Trinajstić information content (AvgIpc) is 3.48. The fourth-order valence-corrected chi connectivity index (χ4v) is 4.56. The van der Waals surface area contributed by atoms with Gasteiger partial charge in [-0.1, -0.05) is 11.6 Å². The fraction of sp³-hybridized carbons (Fsp3) is 0.310. The number of aryl methyl sites for hydroxylation is 1. The third-order valence-electron chi connectivity index (χ3n) is 6.45. The molecule has 1 fully saturated rings. The molecule has 0 radical (unpaired) electrons. The highest BCUT2D eigenvalue weighted by atomic mass is 35.5. The van der Waals surface area contributed by atoms with Crippen LogP contribution >= 0.6 is 11.6 Å². The Bertz CT molecular complexity index is 1530. The van der Waals surface area contributed by atoms with E-state index in [1.807, 2.05) is 55.5 Å². The minimum absolute atomic E-state index is 0.441. The summed E-state index contributed by atoms with van der Waals surface area (Å²) in [5.41, 5.74) is 5.20. The molecule has 2 heterocycles. The standard InChI is InChI=1S/C27H28ClN5O2.C2HF3O2/c1-18-15-19(23-17-20(28)5-10-25(23)34-2)16-24-26(18)30-27(32-31-24)29-21-6-8-22(9-7-21)35-14-13-33-11-3-4-12-33;3-2(4,5)1(6)7/h5-10,15-17H,3-4,11-14H2,1-2H3,(H,29,30,32);(H,6,7). The first kappa shape index (κ1) is 30.8. The number of benzene rings is 3. The Morgan fingerprint density at radius 1 is 1.07 bits per heavy atom. The van der Waals surface area contributed by atoms with Crippen molar-refractivity contribution in [2.75, 3.05) is 38.7 Å². The van der Waals surface area contributed by atoms with Gasteiger partial charge in [0.25, 0.3) is 0 Å². The quantitative estimate of drug-likeness (QED) is 0.233. The van der Waals surface area contributed by atoms with Crippen molar-refractivity contribution < 1.29 is 32.5 Å². The Balaban J connectivity index is 0.000000517. The van der Waals surface area contributed by atoms with Gasteiger partial charge in [0.15, 0.2) is 0 Å². The number of alkyl halides is 3. The maximum absolute atomic E-state index is 10.6. The number of aliphatic carboxylic acids is 1. The van der Waals surface area contributed by atoms with Crippen molar-refractivity contribution in [2.45, 2.75) is 25.9 Å². The Hall–Kier alpha value is -4.16. The molecule has 0 bridgehead atoms. The van der Waals surface area contributed by atoms with Gasteiger partial charge in [-0.2, -0.15) is 13.2 Å². The SMILES string of the molecule is COc1ccc(Cl)cc1-c1cc(C)c2nc(Nc3ccc(OCCN4CCCC4)cc3)nnc2c1.O=C(O)C(F)(F)F. The van der Waals surface area contributed by atoms with Gasteiger partial charge < -0.3 is 19.9 Å². The monoisotopic (exact) mass is 603 g/mol. The summed E-state index contributed by atoms with van der Waals surface area (Å²) >= 11 is 6.23. The number of carboxylic acids is 1. The van der Waals surface area contributed by atoms with Gasteiger partial charge in [-0.05, 0) is 98.6 Å². The van der Waals surface area contributed by atoms with Crippen molar-refractivity contribution in [3.8, 4) is 22.6 Å². The van der Waals surface area contributed by atoms with Crippen molar-refractivity contribution in [1.82, 2.24) is 20.1 Å². The molecule has 0 aliphatic carbocycles. The number of rotatable bonds is 8. The maximum atomic E-state index is 10.6. The third kappa shape index (κ3) is 8.20. The van der Waals surface area contributed by atoms with E-state index in [1.165, 1.54) is 25.9 Å². The van der Waals surface area contributed by atoms with E-state index < -0.39 is 12.1 Å². The van der Waals surface area contributed by atoms with E-state index in [1.54, 1.807) is 7.11 Å². The predicted molar refractivity (Wildman–Crippen MR) is 154 cm³/mol. The number of likely N-dealkylation sites (tertiary alicyclic amines) is 1. The molecule has 0 atom stereocenters. The predicted octanol–water partition coefficient (Wildman–Crippen LogP) is 6.51. The molecule has 222 valence electrons. The Labute approximate surface area is 245 Å². The van der Waals surface area contributed by atoms with Crippen LogP contribution in [0, 0.1) is 6.92 Å². The third-order valence-corrected chi connectivity index (χ3v) is 6.69. The number of hydrogen-bond donors (Lipinski definition) is 2. The molecule has 0 unspecified atom stereocenters. The zero-order chi connectivity index (χ0) is 30.3. The summed E-state index contributed by atoms with van der Waals surface area (Å²) < 4.78 is 43.1. The van der Waals surface area contributed by atoms with Crippen LogP contribution in [0.25, 0.3) is 22.2 Å². The van der Waals surface area contributed by atoms with E-state index in [0.717, 1.165) is 45.9 Å². The number of anilines is 2. The average molecular weight is 604 g/mol. The van der Waals surface area contributed by atoms with Gasteiger partial charge in [0.1, 0.15) is 23.6 Å². The molecule has 9 nitrogen and oxygen atoms in total. The zero-order valence-electron chi connectivity index (χ0n) is 22.9. The lowest BCUT2D eigenvalue weighted by Gasteiger charge is -2.15. The number of fused-ring (bicyclic) bond motifs is 1. The minimum Gasteiger partial charge on any atom is -0.496 e. The molecule has 1 aliphatic rings. The smallest absolute Gasteiger partial charge is 0.490 e. The molecule has 4 aromatic rings. The van der Waals surface area contributed by atoms with Gasteiger partial charge in [-0.3, -0.25) is 4.90 Å². The van der Waals surface area contributed by atoms with Crippen LogP contribution in [0.1, 0.15) is 18.4 Å². The highest BCUT2D eigenvalue weighted by molar-refractivity contribution is 6.31. The van der Waals surface area contributed by atoms with Gasteiger partial charge in [0.2, 0.25) is 5.95 Å². The first-order chi connectivity index (χ1) is 20.0. The van der Waals surface area contributed by atoms with E-state index in [2.05, 4.69) is 26.5 Å². The number of nitrogens with zero attached hydrogens (tertiary/aromatic N) is 4. The lowest BCUT2D eigenvalue weighted by Crippen LogP contribution is -2.25. The van der Waals surface area contributed by atoms with Crippen molar-refractivity contribution in [1.29, 1.82) is 0 Å². The first-order valence-electron chi connectivity index (χ1n) is 13.0. The van der Waals surface area contributed by atoms with Gasteiger partial charge in [0.05, 0.1) is 12.6 Å². The van der Waals surface area contributed by atoms with Crippen LogP contribution in [-0.2, 0) is 4.79 Å². The number of halogens is 4. The molecule has 1 aromatic heterocycles. The molecule has 0 amide bonds. The summed E-state index contributed by atoms with van der Waals surface area (Å²) in [6, 6.07) is 17.4. The number of carboxylic acid groups (broad SMARTS) is 1. The second-order valence-electron chi connectivity index (χ2n) is 9.49. The van der Waals surface area contributed by atoms with Crippen LogP contribution in [0.15, 0.2) is 54.6 Å². The van der Waals surface area contributed by atoms with Crippen LogP contribution in [-0.4, -0.2) is 70.7 Å². The first-order valence-corrected chi connectivity index (χ1v) is 13.4. The second kappa shape index (κ2) is 13.7. The van der Waals surface area contributed by atoms with E-state index >= 15 is 0 Å². The van der Waals surface area contributed by atoms with Gasteiger partial charge >= 0.3 is 12.1 Å². The number of nitrogens with one attached hydrogen (secondary N) is 1. The number of hydrogen-bond acceptors (Lipinski definition) is 8. The van der Waals surface area contributed by atoms with E-state index in [-0.39, 0.29) is 0 Å². The molecule has 13 heteroatoms. The van der Waals surface area contributed by atoms with Gasteiger partial charge in [-0.15, -0.1) is 10.2 Å². The number of ether oxygens (including phenoxy) is 2. The Morgan fingerprint density at radius 2 is 1.76 bits per heavy atom. The van der Waals surface area contributed by atoms with Crippen LogP contribution < -0.4 is 14.8 Å². The van der Waals surface area contributed by atoms with E-state index in [0.29, 0.717) is 23.1 Å². The molecular weight excluding hydrogens is 575 g/mol. The van der Waals surface area contributed by atoms with Crippen LogP contribution in [0.2, 0.25) is 5.02 Å². The van der Waals surface area contributed by atoms with E-state index in [4.69, 9.17) is 36.0 Å². The minimum atomic E-state index is -5.08. The van der Waals surface area contributed by atoms with Crippen LogP contribution in [0.4, 0.5) is 24.8 Å². The van der Waals surface area contributed by atoms with Crippen molar-refractivity contribution in [3.05, 3.63) is 65.2 Å². The molecule has 0 saturated carbocycles. The van der Waals surface area contributed by atoms with Crippen molar-refractivity contribution in [2.24, 2.45) is 0 Å².